The highest BCUT2D eigenvalue weighted by Crippen LogP contribution is 2.39. The number of hydrogen-bond donors (Lipinski definition) is 2. The van der Waals surface area contributed by atoms with Gasteiger partial charge in [0, 0.05) is 5.75 Å². The minimum absolute atomic E-state index is 0.218. The summed E-state index contributed by atoms with van der Waals surface area (Å²) in [6.07, 6.45) is 1.99. The Kier molecular flexibility index (Phi) is 4.83. The number of aromatic hydroxyl groups is 1. The molecule has 1 aliphatic rings. The predicted molar refractivity (Wildman–Crippen MR) is 93.7 cm³/mol. The van der Waals surface area contributed by atoms with Gasteiger partial charge in [0.1, 0.15) is 5.75 Å². The lowest BCUT2D eigenvalue weighted by Gasteiger charge is -2.32. The third kappa shape index (κ3) is 3.50. The summed E-state index contributed by atoms with van der Waals surface area (Å²) in [5.74, 6) is 0.755. The van der Waals surface area contributed by atoms with E-state index in [9.17, 15) is 5.11 Å². The van der Waals surface area contributed by atoms with Crippen molar-refractivity contribution in [2.45, 2.75) is 38.9 Å². The van der Waals surface area contributed by atoms with Crippen LogP contribution in [-0.2, 0) is 9.31 Å². The second-order valence-electron chi connectivity index (χ2n) is 6.18. The zero-order valence-corrected chi connectivity index (χ0v) is 15.2. The molecule has 6 heteroatoms. The van der Waals surface area contributed by atoms with Crippen LogP contribution < -0.4 is 0 Å². The first kappa shape index (κ1) is 16.9. The summed E-state index contributed by atoms with van der Waals surface area (Å²) in [6, 6.07) is 5.34. The van der Waals surface area contributed by atoms with Crippen molar-refractivity contribution in [1.29, 1.82) is 0 Å². The molecular formula is C15H20BBrO3S. The third-order valence-electron chi connectivity index (χ3n) is 4.06. The van der Waals surface area contributed by atoms with Crippen molar-refractivity contribution >= 4 is 41.8 Å². The molecule has 0 atom stereocenters. The molecule has 1 N–H and O–H groups in total. The van der Waals surface area contributed by atoms with Crippen molar-refractivity contribution in [2.24, 2.45) is 0 Å². The first-order chi connectivity index (χ1) is 9.66. The summed E-state index contributed by atoms with van der Waals surface area (Å²) in [5.41, 5.74) is 1.18. The molecule has 1 aliphatic heterocycles. The molecule has 0 saturated carbocycles. The monoisotopic (exact) mass is 370 g/mol. The lowest BCUT2D eigenvalue weighted by Crippen LogP contribution is -2.41. The van der Waals surface area contributed by atoms with Crippen LogP contribution in [0.25, 0.3) is 6.08 Å². The van der Waals surface area contributed by atoms with E-state index in [1.54, 1.807) is 6.07 Å². The zero-order chi connectivity index (χ0) is 15.8. The van der Waals surface area contributed by atoms with Gasteiger partial charge in [0.05, 0.1) is 15.7 Å². The van der Waals surface area contributed by atoms with Crippen molar-refractivity contribution in [2.75, 3.05) is 5.75 Å². The maximum atomic E-state index is 9.55. The summed E-state index contributed by atoms with van der Waals surface area (Å²) in [6.45, 7) is 8.11. The van der Waals surface area contributed by atoms with Crippen molar-refractivity contribution < 1.29 is 14.4 Å². The van der Waals surface area contributed by atoms with Gasteiger partial charge in [0.2, 0.25) is 0 Å². The van der Waals surface area contributed by atoms with Gasteiger partial charge >= 0.3 is 7.12 Å². The molecule has 1 saturated heterocycles. The summed E-state index contributed by atoms with van der Waals surface area (Å²) < 4.78 is 12.7. The average Bonchev–Trinajstić information content (AvgIpc) is 2.59. The molecular weight excluding hydrogens is 351 g/mol. The number of thiol groups is 1. The molecule has 1 fully saturated rings. The normalized spacial score (nSPS) is 20.9. The maximum absolute atomic E-state index is 9.55. The van der Waals surface area contributed by atoms with Gasteiger partial charge in [-0.25, -0.2) is 0 Å². The number of hydrogen-bond acceptors (Lipinski definition) is 4. The molecule has 0 bridgehead atoms. The van der Waals surface area contributed by atoms with Crippen molar-refractivity contribution in [3.8, 4) is 5.75 Å². The van der Waals surface area contributed by atoms with Crippen LogP contribution in [0.1, 0.15) is 33.3 Å². The Labute approximate surface area is 140 Å². The van der Waals surface area contributed by atoms with Gasteiger partial charge in [0.15, 0.2) is 0 Å². The van der Waals surface area contributed by atoms with E-state index in [0.717, 1.165) is 11.0 Å². The van der Waals surface area contributed by atoms with Crippen LogP contribution in [0.3, 0.4) is 0 Å². The molecule has 1 aromatic carbocycles. The highest BCUT2D eigenvalue weighted by Gasteiger charge is 2.52. The van der Waals surface area contributed by atoms with Crippen LogP contribution in [0.4, 0.5) is 0 Å². The molecule has 0 aromatic heterocycles. The zero-order valence-electron chi connectivity index (χ0n) is 12.7. The van der Waals surface area contributed by atoms with Gasteiger partial charge < -0.3 is 14.4 Å². The molecule has 1 aromatic rings. The first-order valence-corrected chi connectivity index (χ1v) is 8.24. The summed E-state index contributed by atoms with van der Waals surface area (Å²) in [7, 11) is -0.403. The molecule has 1 heterocycles. The second kappa shape index (κ2) is 5.99. The van der Waals surface area contributed by atoms with E-state index < -0.39 is 7.12 Å². The Bertz CT molecular complexity index is 556. The van der Waals surface area contributed by atoms with Crippen LogP contribution in [0.2, 0.25) is 0 Å². The Hall–Kier alpha value is -0.425. The van der Waals surface area contributed by atoms with E-state index >= 15 is 0 Å². The van der Waals surface area contributed by atoms with Crippen LogP contribution in [-0.4, -0.2) is 29.2 Å². The van der Waals surface area contributed by atoms with Gasteiger partial charge in [-0.2, -0.15) is 12.6 Å². The lowest BCUT2D eigenvalue weighted by atomic mass is 9.78. The molecule has 0 amide bonds. The van der Waals surface area contributed by atoms with Crippen molar-refractivity contribution in [3.05, 3.63) is 33.7 Å². The standard InChI is InChI=1S/C15H20BBrO3S/c1-14(2)15(3,4)20-16(19-14)11(9-21)7-10-5-6-13(18)12(17)8-10/h5-8,18,21H,9H2,1-4H3. The molecule has 0 aliphatic carbocycles. The molecule has 3 nitrogen and oxygen atoms in total. The van der Waals surface area contributed by atoms with Gasteiger partial charge in [0.25, 0.3) is 0 Å². The molecule has 114 valence electrons. The molecule has 21 heavy (non-hydrogen) atoms. The van der Waals surface area contributed by atoms with E-state index in [0.29, 0.717) is 10.2 Å². The van der Waals surface area contributed by atoms with E-state index in [1.165, 1.54) is 0 Å². The second-order valence-corrected chi connectivity index (χ2v) is 7.35. The Morgan fingerprint density at radius 1 is 1.29 bits per heavy atom. The highest BCUT2D eigenvalue weighted by molar-refractivity contribution is 9.10. The smallest absolute Gasteiger partial charge is 0.491 e. The van der Waals surface area contributed by atoms with Crippen LogP contribution >= 0.6 is 28.6 Å². The number of halogens is 1. The Morgan fingerprint density at radius 3 is 2.33 bits per heavy atom. The largest absolute Gasteiger partial charge is 0.507 e. The van der Waals surface area contributed by atoms with Crippen molar-refractivity contribution in [3.63, 3.8) is 0 Å². The fourth-order valence-corrected chi connectivity index (χ4v) is 2.65. The topological polar surface area (TPSA) is 38.7 Å². The van der Waals surface area contributed by atoms with E-state index in [2.05, 4.69) is 28.6 Å². The molecule has 0 radical (unpaired) electrons. The number of rotatable bonds is 3. The number of benzene rings is 1. The fraction of sp³-hybridized carbons (Fsp3) is 0.467. The average molecular weight is 371 g/mol. The SMILES string of the molecule is CC1(C)OB(C(=Cc2ccc(O)c(Br)c2)CS)OC1(C)C. The predicted octanol–water partition coefficient (Wildman–Crippen LogP) is 4.10. The lowest BCUT2D eigenvalue weighted by molar-refractivity contribution is 0.00578. The van der Waals surface area contributed by atoms with Gasteiger partial charge in [-0.05, 0) is 66.8 Å². The van der Waals surface area contributed by atoms with E-state index in [1.807, 2.05) is 45.9 Å². The van der Waals surface area contributed by atoms with Crippen LogP contribution in [0, 0.1) is 0 Å². The fourth-order valence-electron chi connectivity index (χ4n) is 2.01. The van der Waals surface area contributed by atoms with E-state index in [-0.39, 0.29) is 17.0 Å². The third-order valence-corrected chi connectivity index (χ3v) is 5.06. The van der Waals surface area contributed by atoms with Crippen LogP contribution in [0.5, 0.6) is 5.75 Å². The van der Waals surface area contributed by atoms with Crippen LogP contribution in [0.15, 0.2) is 28.1 Å². The summed E-state index contributed by atoms with van der Waals surface area (Å²) in [4.78, 5) is 0. The molecule has 2 rings (SSSR count). The Morgan fingerprint density at radius 2 is 1.86 bits per heavy atom. The van der Waals surface area contributed by atoms with Crippen molar-refractivity contribution in [1.82, 2.24) is 0 Å². The van der Waals surface area contributed by atoms with E-state index in [4.69, 9.17) is 9.31 Å². The van der Waals surface area contributed by atoms with Gasteiger partial charge in [-0.15, -0.1) is 0 Å². The minimum atomic E-state index is -0.403. The van der Waals surface area contributed by atoms with Gasteiger partial charge in [-0.3, -0.25) is 0 Å². The number of phenolic OH excluding ortho intramolecular Hbond substituents is 1. The van der Waals surface area contributed by atoms with Gasteiger partial charge in [-0.1, -0.05) is 12.1 Å². The molecule has 0 spiro atoms. The Balaban J connectivity index is 2.28. The minimum Gasteiger partial charge on any atom is -0.507 e. The quantitative estimate of drug-likeness (QED) is 0.621. The summed E-state index contributed by atoms with van der Waals surface area (Å²) >= 11 is 7.71. The molecule has 0 unspecified atom stereocenters. The maximum Gasteiger partial charge on any atom is 0.491 e. The highest BCUT2D eigenvalue weighted by atomic mass is 79.9. The first-order valence-electron chi connectivity index (χ1n) is 6.82. The summed E-state index contributed by atoms with van der Waals surface area (Å²) in [5, 5.41) is 9.55. The number of phenols is 1.